The summed E-state index contributed by atoms with van der Waals surface area (Å²) in [4.78, 5) is 5.41. The first-order chi connectivity index (χ1) is 7.78. The molecule has 2 rings (SSSR count). The number of hydrogen-bond acceptors (Lipinski definition) is 5. The number of rotatable bonds is 4. The van der Waals surface area contributed by atoms with Crippen LogP contribution in [0, 0.1) is 0 Å². The van der Waals surface area contributed by atoms with E-state index in [0.717, 1.165) is 17.2 Å². The summed E-state index contributed by atoms with van der Waals surface area (Å²) in [6, 6.07) is 7.99. The molecule has 0 aliphatic carbocycles. The van der Waals surface area contributed by atoms with Gasteiger partial charge in [0, 0.05) is 16.0 Å². The zero-order valence-corrected chi connectivity index (χ0v) is 10.5. The maximum atomic E-state index is 5.57. The van der Waals surface area contributed by atoms with Gasteiger partial charge in [0.1, 0.15) is 5.75 Å². The summed E-state index contributed by atoms with van der Waals surface area (Å²) in [7, 11) is 1.67. The number of benzene rings is 1. The van der Waals surface area contributed by atoms with Gasteiger partial charge < -0.3 is 10.5 Å². The van der Waals surface area contributed by atoms with Crippen molar-refractivity contribution in [2.45, 2.75) is 10.6 Å². The van der Waals surface area contributed by atoms with Crippen molar-refractivity contribution in [3.05, 3.63) is 35.3 Å². The molecule has 0 fully saturated rings. The Morgan fingerprint density at radius 3 is 2.69 bits per heavy atom. The molecule has 0 aliphatic heterocycles. The van der Waals surface area contributed by atoms with E-state index in [1.54, 1.807) is 18.9 Å². The van der Waals surface area contributed by atoms with Gasteiger partial charge in [-0.15, -0.1) is 23.1 Å². The first-order valence-electron chi connectivity index (χ1n) is 4.74. The van der Waals surface area contributed by atoms with Crippen LogP contribution >= 0.6 is 23.1 Å². The van der Waals surface area contributed by atoms with Crippen LogP contribution in [0.2, 0.25) is 0 Å². The zero-order chi connectivity index (χ0) is 11.4. The molecule has 0 saturated carbocycles. The van der Waals surface area contributed by atoms with E-state index in [9.17, 15) is 0 Å². The second-order valence-electron chi connectivity index (χ2n) is 3.14. The standard InChI is InChI=1S/C11H12N2OS2/c1-14-9-2-4-10(5-3-9)15-6-8-7-16-11(12)13-8/h2-5,7H,6H2,1H3,(H2,12,13). The highest BCUT2D eigenvalue weighted by atomic mass is 32.2. The van der Waals surface area contributed by atoms with Gasteiger partial charge in [-0.3, -0.25) is 0 Å². The molecule has 0 atom stereocenters. The molecule has 0 saturated heterocycles. The highest BCUT2D eigenvalue weighted by Crippen LogP contribution is 2.25. The van der Waals surface area contributed by atoms with Gasteiger partial charge in [0.25, 0.3) is 0 Å². The maximum Gasteiger partial charge on any atom is 0.180 e. The molecular formula is C11H12N2OS2. The van der Waals surface area contributed by atoms with Crippen LogP contribution in [-0.4, -0.2) is 12.1 Å². The topological polar surface area (TPSA) is 48.1 Å². The third-order valence-electron chi connectivity index (χ3n) is 2.02. The molecule has 3 nitrogen and oxygen atoms in total. The Bertz CT molecular complexity index is 453. The van der Waals surface area contributed by atoms with Crippen LogP contribution < -0.4 is 10.5 Å². The SMILES string of the molecule is COc1ccc(SCc2csc(N)n2)cc1. The monoisotopic (exact) mass is 252 g/mol. The zero-order valence-electron chi connectivity index (χ0n) is 8.84. The van der Waals surface area contributed by atoms with Crippen molar-refractivity contribution >= 4 is 28.2 Å². The van der Waals surface area contributed by atoms with Crippen LogP contribution in [0.4, 0.5) is 5.13 Å². The van der Waals surface area contributed by atoms with Crippen LogP contribution in [0.5, 0.6) is 5.75 Å². The van der Waals surface area contributed by atoms with Gasteiger partial charge in [-0.25, -0.2) is 4.98 Å². The minimum Gasteiger partial charge on any atom is -0.497 e. The molecule has 2 aromatic rings. The number of nitrogen functional groups attached to an aromatic ring is 1. The van der Waals surface area contributed by atoms with Crippen LogP contribution in [0.25, 0.3) is 0 Å². The average Bonchev–Trinajstić information content (AvgIpc) is 2.73. The summed E-state index contributed by atoms with van der Waals surface area (Å²) in [6.07, 6.45) is 0. The number of thioether (sulfide) groups is 1. The molecule has 0 radical (unpaired) electrons. The van der Waals surface area contributed by atoms with Crippen molar-refractivity contribution in [1.82, 2.24) is 4.98 Å². The minimum atomic E-state index is 0.630. The molecule has 0 bridgehead atoms. The van der Waals surface area contributed by atoms with E-state index in [2.05, 4.69) is 4.98 Å². The molecule has 0 aliphatic rings. The third-order valence-corrected chi connectivity index (χ3v) is 3.78. The molecule has 0 unspecified atom stereocenters. The lowest BCUT2D eigenvalue weighted by atomic mass is 10.3. The van der Waals surface area contributed by atoms with E-state index >= 15 is 0 Å². The summed E-state index contributed by atoms with van der Waals surface area (Å²) in [5.74, 6) is 1.72. The summed E-state index contributed by atoms with van der Waals surface area (Å²) in [5.41, 5.74) is 6.60. The molecular weight excluding hydrogens is 240 g/mol. The van der Waals surface area contributed by atoms with E-state index in [4.69, 9.17) is 10.5 Å². The van der Waals surface area contributed by atoms with Crippen LogP contribution in [-0.2, 0) is 5.75 Å². The predicted molar refractivity (Wildman–Crippen MR) is 69.1 cm³/mol. The first kappa shape index (κ1) is 11.3. The number of nitrogens with two attached hydrogens (primary N) is 1. The van der Waals surface area contributed by atoms with Crippen molar-refractivity contribution in [1.29, 1.82) is 0 Å². The molecule has 84 valence electrons. The van der Waals surface area contributed by atoms with E-state index in [1.807, 2.05) is 29.6 Å². The molecule has 2 N–H and O–H groups in total. The molecule has 0 amide bonds. The number of ether oxygens (including phenoxy) is 1. The van der Waals surface area contributed by atoms with Crippen molar-refractivity contribution < 1.29 is 4.74 Å². The van der Waals surface area contributed by atoms with Crippen molar-refractivity contribution in [3.63, 3.8) is 0 Å². The number of hydrogen-bond donors (Lipinski definition) is 1. The van der Waals surface area contributed by atoms with Gasteiger partial charge in [-0.05, 0) is 24.3 Å². The number of aromatic nitrogens is 1. The first-order valence-corrected chi connectivity index (χ1v) is 6.61. The van der Waals surface area contributed by atoms with Gasteiger partial charge in [0.05, 0.1) is 12.8 Å². The Kier molecular flexibility index (Phi) is 3.69. The Balaban J connectivity index is 1.94. The van der Waals surface area contributed by atoms with Gasteiger partial charge in [0.2, 0.25) is 0 Å². The van der Waals surface area contributed by atoms with Gasteiger partial charge in [-0.1, -0.05) is 0 Å². The molecule has 0 spiro atoms. The van der Waals surface area contributed by atoms with Gasteiger partial charge in [0.15, 0.2) is 5.13 Å². The Labute approximate surface area is 103 Å². The van der Waals surface area contributed by atoms with E-state index in [0.29, 0.717) is 5.13 Å². The second kappa shape index (κ2) is 5.23. The molecule has 5 heteroatoms. The predicted octanol–water partition coefficient (Wildman–Crippen LogP) is 3.03. The normalized spacial score (nSPS) is 10.3. The van der Waals surface area contributed by atoms with Crippen LogP contribution in [0.3, 0.4) is 0 Å². The fourth-order valence-corrected chi connectivity index (χ4v) is 2.68. The molecule has 1 heterocycles. The summed E-state index contributed by atoms with van der Waals surface area (Å²) < 4.78 is 5.10. The van der Waals surface area contributed by atoms with E-state index < -0.39 is 0 Å². The van der Waals surface area contributed by atoms with Crippen molar-refractivity contribution in [2.24, 2.45) is 0 Å². The van der Waals surface area contributed by atoms with Crippen LogP contribution in [0.15, 0.2) is 34.5 Å². The van der Waals surface area contributed by atoms with E-state index in [-0.39, 0.29) is 0 Å². The summed E-state index contributed by atoms with van der Waals surface area (Å²) in [5, 5.41) is 2.62. The Morgan fingerprint density at radius 1 is 1.38 bits per heavy atom. The van der Waals surface area contributed by atoms with E-state index in [1.165, 1.54) is 16.2 Å². The summed E-state index contributed by atoms with van der Waals surface area (Å²) in [6.45, 7) is 0. The largest absolute Gasteiger partial charge is 0.497 e. The summed E-state index contributed by atoms with van der Waals surface area (Å²) >= 11 is 3.22. The number of anilines is 1. The molecule has 16 heavy (non-hydrogen) atoms. The lowest BCUT2D eigenvalue weighted by molar-refractivity contribution is 0.414. The Morgan fingerprint density at radius 2 is 2.12 bits per heavy atom. The average molecular weight is 252 g/mol. The third kappa shape index (κ3) is 2.90. The fourth-order valence-electron chi connectivity index (χ4n) is 1.22. The Hall–Kier alpha value is -1.20. The number of nitrogens with zero attached hydrogens (tertiary/aromatic N) is 1. The fraction of sp³-hybridized carbons (Fsp3) is 0.182. The minimum absolute atomic E-state index is 0.630. The van der Waals surface area contributed by atoms with Gasteiger partial charge >= 0.3 is 0 Å². The quantitative estimate of drug-likeness (QED) is 0.850. The van der Waals surface area contributed by atoms with Crippen LogP contribution in [0.1, 0.15) is 5.69 Å². The smallest absolute Gasteiger partial charge is 0.180 e. The highest BCUT2D eigenvalue weighted by molar-refractivity contribution is 7.98. The van der Waals surface area contributed by atoms with Crippen molar-refractivity contribution in [3.8, 4) is 5.75 Å². The highest BCUT2D eigenvalue weighted by Gasteiger charge is 2.00. The lowest BCUT2D eigenvalue weighted by Crippen LogP contribution is -1.85. The second-order valence-corrected chi connectivity index (χ2v) is 5.08. The number of thiazole rings is 1. The van der Waals surface area contributed by atoms with Crippen molar-refractivity contribution in [2.75, 3.05) is 12.8 Å². The number of methoxy groups -OCH3 is 1. The molecule has 1 aromatic heterocycles. The lowest BCUT2D eigenvalue weighted by Gasteiger charge is -2.01. The maximum absolute atomic E-state index is 5.57. The molecule has 1 aromatic carbocycles. The van der Waals surface area contributed by atoms with Gasteiger partial charge in [-0.2, -0.15) is 0 Å².